The Morgan fingerprint density at radius 1 is 1.41 bits per heavy atom. The molecule has 92 valence electrons. The van der Waals surface area contributed by atoms with E-state index in [1.807, 2.05) is 13.2 Å². The van der Waals surface area contributed by atoms with Gasteiger partial charge in [0.05, 0.1) is 18.0 Å². The first-order valence-electron chi connectivity index (χ1n) is 5.82. The summed E-state index contributed by atoms with van der Waals surface area (Å²) in [6, 6.07) is 0.489. The topological polar surface area (TPSA) is 55.9 Å². The van der Waals surface area contributed by atoms with Crippen molar-refractivity contribution in [1.82, 2.24) is 20.1 Å². The van der Waals surface area contributed by atoms with Crippen LogP contribution in [0.1, 0.15) is 19.7 Å². The fourth-order valence-corrected chi connectivity index (χ4v) is 1.58. The average molecular weight is 234 g/mol. The zero-order chi connectivity index (χ0) is 12.3. The number of hydrogen-bond acceptors (Lipinski definition) is 4. The van der Waals surface area contributed by atoms with Crippen LogP contribution in [0.15, 0.2) is 23.0 Å². The van der Waals surface area contributed by atoms with E-state index in [9.17, 15) is 0 Å². The van der Waals surface area contributed by atoms with Crippen LogP contribution in [0, 0.1) is 0 Å². The molecule has 2 aromatic heterocycles. The molecule has 2 aromatic rings. The minimum Gasteiger partial charge on any atom is -0.441 e. The predicted octanol–water partition coefficient (Wildman–Crippen LogP) is 1.62. The maximum Gasteiger partial charge on any atom is 0.196 e. The van der Waals surface area contributed by atoms with E-state index in [0.29, 0.717) is 6.04 Å². The highest BCUT2D eigenvalue weighted by Crippen LogP contribution is 2.19. The van der Waals surface area contributed by atoms with E-state index in [0.717, 1.165) is 30.2 Å². The highest BCUT2D eigenvalue weighted by Gasteiger charge is 2.07. The Labute approximate surface area is 101 Å². The van der Waals surface area contributed by atoms with Crippen LogP contribution in [-0.4, -0.2) is 27.4 Å². The van der Waals surface area contributed by atoms with Crippen LogP contribution in [-0.2, 0) is 13.5 Å². The van der Waals surface area contributed by atoms with E-state index in [1.165, 1.54) is 0 Å². The number of oxazole rings is 1. The van der Waals surface area contributed by atoms with Crippen LogP contribution in [0.3, 0.4) is 0 Å². The van der Waals surface area contributed by atoms with Gasteiger partial charge >= 0.3 is 0 Å². The summed E-state index contributed by atoms with van der Waals surface area (Å²) in [5, 5.41) is 7.43. The molecule has 0 unspecified atom stereocenters. The molecule has 0 aliphatic heterocycles. The molecule has 0 bridgehead atoms. The Balaban J connectivity index is 1.96. The lowest BCUT2D eigenvalue weighted by Crippen LogP contribution is -2.24. The Kier molecular flexibility index (Phi) is 3.58. The first kappa shape index (κ1) is 11.9. The molecule has 0 saturated heterocycles. The quantitative estimate of drug-likeness (QED) is 0.854. The monoisotopic (exact) mass is 234 g/mol. The van der Waals surface area contributed by atoms with Crippen molar-refractivity contribution in [1.29, 1.82) is 0 Å². The van der Waals surface area contributed by atoms with Crippen molar-refractivity contribution in [3.05, 3.63) is 24.5 Å². The molecule has 0 spiro atoms. The Hall–Kier alpha value is -1.62. The molecule has 0 aliphatic carbocycles. The van der Waals surface area contributed by atoms with Crippen LogP contribution in [0.2, 0.25) is 0 Å². The summed E-state index contributed by atoms with van der Waals surface area (Å²) in [5.41, 5.74) is 0.961. The zero-order valence-corrected chi connectivity index (χ0v) is 10.5. The normalized spacial score (nSPS) is 11.3. The van der Waals surface area contributed by atoms with Gasteiger partial charge in [0.15, 0.2) is 11.7 Å². The molecule has 5 nitrogen and oxygen atoms in total. The van der Waals surface area contributed by atoms with Crippen molar-refractivity contribution < 1.29 is 4.42 Å². The second-order valence-corrected chi connectivity index (χ2v) is 4.38. The summed E-state index contributed by atoms with van der Waals surface area (Å²) in [5.74, 6) is 1.54. The molecule has 0 aliphatic rings. The second-order valence-electron chi connectivity index (χ2n) is 4.38. The molecule has 0 fully saturated rings. The van der Waals surface area contributed by atoms with E-state index in [2.05, 4.69) is 29.2 Å². The summed E-state index contributed by atoms with van der Waals surface area (Å²) in [6.45, 7) is 5.12. The van der Waals surface area contributed by atoms with Gasteiger partial charge in [-0.15, -0.1) is 0 Å². The molecule has 1 N–H and O–H groups in total. The average Bonchev–Trinajstić information content (AvgIpc) is 2.86. The smallest absolute Gasteiger partial charge is 0.196 e. The van der Waals surface area contributed by atoms with Crippen LogP contribution in [0.25, 0.3) is 11.3 Å². The standard InChI is InChI=1S/C12H18N4O/c1-9(2)13-5-4-12-14-7-11(17-12)10-6-15-16(3)8-10/h6-9,13H,4-5H2,1-3H3. The SMILES string of the molecule is CC(C)NCCc1ncc(-c2cnn(C)c2)o1. The summed E-state index contributed by atoms with van der Waals surface area (Å²) in [4.78, 5) is 4.25. The highest BCUT2D eigenvalue weighted by atomic mass is 16.4. The fourth-order valence-electron chi connectivity index (χ4n) is 1.58. The van der Waals surface area contributed by atoms with Gasteiger partial charge in [-0.05, 0) is 0 Å². The van der Waals surface area contributed by atoms with Crippen molar-refractivity contribution in [3.8, 4) is 11.3 Å². The van der Waals surface area contributed by atoms with Crippen molar-refractivity contribution >= 4 is 0 Å². The highest BCUT2D eigenvalue weighted by molar-refractivity contribution is 5.53. The van der Waals surface area contributed by atoms with Gasteiger partial charge in [0.2, 0.25) is 0 Å². The van der Waals surface area contributed by atoms with Gasteiger partial charge in [0, 0.05) is 32.3 Å². The third-order valence-corrected chi connectivity index (χ3v) is 2.43. The lowest BCUT2D eigenvalue weighted by Gasteiger charge is -2.05. The molecular formula is C12H18N4O. The Morgan fingerprint density at radius 3 is 2.88 bits per heavy atom. The molecule has 5 heteroatoms. The number of aryl methyl sites for hydroxylation is 1. The van der Waals surface area contributed by atoms with E-state index in [1.54, 1.807) is 17.1 Å². The zero-order valence-electron chi connectivity index (χ0n) is 10.5. The number of nitrogens with one attached hydrogen (secondary N) is 1. The largest absolute Gasteiger partial charge is 0.441 e. The van der Waals surface area contributed by atoms with Crippen LogP contribution in [0.5, 0.6) is 0 Å². The summed E-state index contributed by atoms with van der Waals surface area (Å²) >= 11 is 0. The Bertz CT molecular complexity index is 472. The number of nitrogens with zero attached hydrogens (tertiary/aromatic N) is 3. The van der Waals surface area contributed by atoms with E-state index in [-0.39, 0.29) is 0 Å². The van der Waals surface area contributed by atoms with Crippen molar-refractivity contribution in [2.75, 3.05) is 6.54 Å². The first-order valence-corrected chi connectivity index (χ1v) is 5.82. The lowest BCUT2D eigenvalue weighted by atomic mass is 10.3. The molecule has 17 heavy (non-hydrogen) atoms. The van der Waals surface area contributed by atoms with Gasteiger partial charge < -0.3 is 9.73 Å². The molecule has 0 amide bonds. The molecule has 0 atom stereocenters. The van der Waals surface area contributed by atoms with Gasteiger partial charge in [-0.2, -0.15) is 5.10 Å². The maximum atomic E-state index is 5.66. The van der Waals surface area contributed by atoms with Gasteiger partial charge in [-0.3, -0.25) is 4.68 Å². The van der Waals surface area contributed by atoms with Crippen LogP contribution >= 0.6 is 0 Å². The van der Waals surface area contributed by atoms with Crippen LogP contribution in [0.4, 0.5) is 0 Å². The Morgan fingerprint density at radius 2 is 2.24 bits per heavy atom. The summed E-state index contributed by atoms with van der Waals surface area (Å²) in [7, 11) is 1.88. The van der Waals surface area contributed by atoms with Gasteiger partial charge in [0.25, 0.3) is 0 Å². The minimum absolute atomic E-state index is 0.489. The molecule has 0 radical (unpaired) electrons. The number of aromatic nitrogens is 3. The second kappa shape index (κ2) is 5.14. The number of hydrogen-bond donors (Lipinski definition) is 1. The van der Waals surface area contributed by atoms with E-state index < -0.39 is 0 Å². The molecule has 2 rings (SSSR count). The van der Waals surface area contributed by atoms with Crippen LogP contribution < -0.4 is 5.32 Å². The van der Waals surface area contributed by atoms with Crippen molar-refractivity contribution in [3.63, 3.8) is 0 Å². The maximum absolute atomic E-state index is 5.66. The van der Waals surface area contributed by atoms with Gasteiger partial charge in [0.1, 0.15) is 0 Å². The van der Waals surface area contributed by atoms with Gasteiger partial charge in [-0.1, -0.05) is 13.8 Å². The lowest BCUT2D eigenvalue weighted by molar-refractivity contribution is 0.484. The van der Waals surface area contributed by atoms with E-state index in [4.69, 9.17) is 4.42 Å². The fraction of sp³-hybridized carbons (Fsp3) is 0.500. The summed E-state index contributed by atoms with van der Waals surface area (Å²) in [6.07, 6.45) is 6.24. The third kappa shape index (κ3) is 3.17. The molecule has 0 saturated carbocycles. The first-order chi connectivity index (χ1) is 8.15. The predicted molar refractivity (Wildman–Crippen MR) is 65.5 cm³/mol. The molecular weight excluding hydrogens is 216 g/mol. The van der Waals surface area contributed by atoms with Crippen molar-refractivity contribution in [2.24, 2.45) is 7.05 Å². The molecule has 0 aromatic carbocycles. The number of rotatable bonds is 5. The third-order valence-electron chi connectivity index (χ3n) is 2.43. The van der Waals surface area contributed by atoms with Crippen molar-refractivity contribution in [2.45, 2.75) is 26.3 Å². The summed E-state index contributed by atoms with van der Waals surface area (Å²) < 4.78 is 7.41. The van der Waals surface area contributed by atoms with Gasteiger partial charge in [-0.25, -0.2) is 4.98 Å². The molecule has 2 heterocycles. The minimum atomic E-state index is 0.489. The van der Waals surface area contributed by atoms with E-state index >= 15 is 0 Å².